The monoisotopic (exact) mass is 238 g/mol. The molecule has 2 nitrogen and oxygen atoms in total. The first kappa shape index (κ1) is 12.2. The van der Waals surface area contributed by atoms with Crippen LogP contribution in [0.25, 0.3) is 0 Å². The molecule has 0 aliphatic carbocycles. The molecule has 0 spiro atoms. The first-order valence-corrected chi connectivity index (χ1v) is 5.82. The summed E-state index contributed by atoms with van der Waals surface area (Å²) in [7, 11) is 0. The van der Waals surface area contributed by atoms with E-state index in [1.54, 1.807) is 13.0 Å². The van der Waals surface area contributed by atoms with Gasteiger partial charge in [-0.15, -0.1) is 6.58 Å². The molecular weight excluding hydrogens is 224 g/mol. The van der Waals surface area contributed by atoms with Crippen LogP contribution in [0.2, 0.25) is 0 Å². The molecule has 0 amide bonds. The van der Waals surface area contributed by atoms with Gasteiger partial charge in [0.1, 0.15) is 6.10 Å². The fraction of sp³-hybridized carbons (Fsp3) is 0.188. The summed E-state index contributed by atoms with van der Waals surface area (Å²) < 4.78 is 5.23. The van der Waals surface area contributed by atoms with Crippen LogP contribution in [0.1, 0.15) is 18.9 Å². The maximum atomic E-state index is 11.5. The molecule has 1 atom stereocenters. The molecule has 0 aromatic heterocycles. The molecule has 0 saturated heterocycles. The normalized spacial score (nSPS) is 18.1. The smallest absolute Gasteiger partial charge is 0.335 e. The molecular formula is C16H14O2. The van der Waals surface area contributed by atoms with E-state index in [-0.39, 0.29) is 12.1 Å². The lowest BCUT2D eigenvalue weighted by Gasteiger charge is -2.06. The van der Waals surface area contributed by atoms with Crippen molar-refractivity contribution in [3.05, 3.63) is 59.7 Å². The largest absolute Gasteiger partial charge is 0.453 e. The van der Waals surface area contributed by atoms with Crippen LogP contribution in [0, 0.1) is 11.8 Å². The summed E-state index contributed by atoms with van der Waals surface area (Å²) in [4.78, 5) is 11.5. The highest BCUT2D eigenvalue weighted by Gasteiger charge is 2.29. The number of rotatable bonds is 2. The quantitative estimate of drug-likeness (QED) is 0.450. The van der Waals surface area contributed by atoms with Crippen molar-refractivity contribution in [3.8, 4) is 11.8 Å². The zero-order valence-corrected chi connectivity index (χ0v) is 10.3. The maximum absolute atomic E-state index is 11.5. The lowest BCUT2D eigenvalue weighted by molar-refractivity contribution is -0.139. The van der Waals surface area contributed by atoms with Gasteiger partial charge in [0.25, 0.3) is 0 Å². The fourth-order valence-corrected chi connectivity index (χ4v) is 1.78. The van der Waals surface area contributed by atoms with Crippen molar-refractivity contribution in [1.29, 1.82) is 0 Å². The average Bonchev–Trinajstić information content (AvgIpc) is 2.65. The second kappa shape index (κ2) is 5.37. The van der Waals surface area contributed by atoms with Crippen molar-refractivity contribution in [2.24, 2.45) is 0 Å². The molecule has 0 fully saturated rings. The lowest BCUT2D eigenvalue weighted by atomic mass is 10.0. The van der Waals surface area contributed by atoms with E-state index in [4.69, 9.17) is 4.74 Å². The third-order valence-electron chi connectivity index (χ3n) is 2.78. The van der Waals surface area contributed by atoms with Crippen LogP contribution in [0.3, 0.4) is 0 Å². The molecule has 1 aromatic carbocycles. The standard InChI is InChI=1S/C16H14O2/c1-3-7-15-14(12(2)16(17)18-15)11-10-13-8-5-4-6-9-13/h3-6,8-9,15H,1,7H2,2H3. The Labute approximate surface area is 107 Å². The fourth-order valence-electron chi connectivity index (χ4n) is 1.78. The summed E-state index contributed by atoms with van der Waals surface area (Å²) in [6.45, 7) is 5.42. The molecule has 1 aliphatic heterocycles. The minimum Gasteiger partial charge on any atom is -0.453 e. The van der Waals surface area contributed by atoms with Crippen LogP contribution in [0.5, 0.6) is 0 Å². The second-order valence-corrected chi connectivity index (χ2v) is 4.07. The Kier molecular flexibility index (Phi) is 3.64. The molecule has 1 unspecified atom stereocenters. The molecule has 0 saturated carbocycles. The Bertz CT molecular complexity index is 556. The number of cyclic esters (lactones) is 1. The molecule has 1 aliphatic rings. The number of carbonyl (C=O) groups excluding carboxylic acids is 1. The summed E-state index contributed by atoms with van der Waals surface area (Å²) in [6, 6.07) is 9.68. The Morgan fingerprint density at radius 3 is 2.72 bits per heavy atom. The second-order valence-electron chi connectivity index (χ2n) is 4.07. The predicted molar refractivity (Wildman–Crippen MR) is 70.7 cm³/mol. The van der Waals surface area contributed by atoms with E-state index in [0.29, 0.717) is 12.0 Å². The summed E-state index contributed by atoms with van der Waals surface area (Å²) in [6.07, 6.45) is 2.06. The number of carbonyl (C=O) groups is 1. The average molecular weight is 238 g/mol. The van der Waals surface area contributed by atoms with Gasteiger partial charge >= 0.3 is 5.97 Å². The van der Waals surface area contributed by atoms with Crippen LogP contribution in [-0.2, 0) is 9.53 Å². The third-order valence-corrected chi connectivity index (χ3v) is 2.78. The van der Waals surface area contributed by atoms with Crippen LogP contribution in [-0.4, -0.2) is 12.1 Å². The number of esters is 1. The number of benzene rings is 1. The van der Waals surface area contributed by atoms with Gasteiger partial charge in [0.05, 0.1) is 5.57 Å². The van der Waals surface area contributed by atoms with Gasteiger partial charge in [-0.25, -0.2) is 4.79 Å². The van der Waals surface area contributed by atoms with Gasteiger partial charge in [-0.1, -0.05) is 36.1 Å². The van der Waals surface area contributed by atoms with Crippen molar-refractivity contribution in [3.63, 3.8) is 0 Å². The molecule has 2 rings (SSSR count). The van der Waals surface area contributed by atoms with Gasteiger partial charge < -0.3 is 4.74 Å². The zero-order chi connectivity index (χ0) is 13.0. The van der Waals surface area contributed by atoms with Gasteiger partial charge in [-0.05, 0) is 19.1 Å². The molecule has 1 aromatic rings. The topological polar surface area (TPSA) is 26.3 Å². The van der Waals surface area contributed by atoms with Gasteiger partial charge in [0.2, 0.25) is 0 Å². The lowest BCUT2D eigenvalue weighted by Crippen LogP contribution is -2.09. The Hall–Kier alpha value is -2.27. The Morgan fingerprint density at radius 2 is 2.06 bits per heavy atom. The van der Waals surface area contributed by atoms with E-state index in [1.807, 2.05) is 30.3 Å². The SMILES string of the molecule is C=CCC1OC(=O)C(C)=C1C#Cc1ccccc1. The number of ether oxygens (including phenoxy) is 1. The molecule has 0 radical (unpaired) electrons. The van der Waals surface area contributed by atoms with E-state index in [9.17, 15) is 4.79 Å². The van der Waals surface area contributed by atoms with Crippen molar-refractivity contribution >= 4 is 5.97 Å². The van der Waals surface area contributed by atoms with Crippen LogP contribution < -0.4 is 0 Å². The van der Waals surface area contributed by atoms with Crippen LogP contribution >= 0.6 is 0 Å². The van der Waals surface area contributed by atoms with E-state index >= 15 is 0 Å². The van der Waals surface area contributed by atoms with Crippen molar-refractivity contribution in [2.45, 2.75) is 19.4 Å². The highest BCUT2D eigenvalue weighted by Crippen LogP contribution is 2.24. The van der Waals surface area contributed by atoms with Gasteiger partial charge in [-0.2, -0.15) is 0 Å². The van der Waals surface area contributed by atoms with Gasteiger partial charge in [-0.3, -0.25) is 0 Å². The summed E-state index contributed by atoms with van der Waals surface area (Å²) >= 11 is 0. The summed E-state index contributed by atoms with van der Waals surface area (Å²) in [5, 5.41) is 0. The van der Waals surface area contributed by atoms with E-state index in [1.165, 1.54) is 0 Å². The van der Waals surface area contributed by atoms with Crippen LogP contribution in [0.15, 0.2) is 54.1 Å². The van der Waals surface area contributed by atoms with E-state index in [2.05, 4.69) is 18.4 Å². The molecule has 90 valence electrons. The van der Waals surface area contributed by atoms with Crippen molar-refractivity contribution < 1.29 is 9.53 Å². The van der Waals surface area contributed by atoms with Crippen molar-refractivity contribution in [2.75, 3.05) is 0 Å². The third kappa shape index (κ3) is 2.52. The van der Waals surface area contributed by atoms with Crippen LogP contribution in [0.4, 0.5) is 0 Å². The highest BCUT2D eigenvalue weighted by atomic mass is 16.5. The number of hydrogen-bond donors (Lipinski definition) is 0. The Balaban J connectivity index is 2.29. The summed E-state index contributed by atoms with van der Waals surface area (Å²) in [5.41, 5.74) is 2.29. The zero-order valence-electron chi connectivity index (χ0n) is 10.3. The molecule has 18 heavy (non-hydrogen) atoms. The van der Waals surface area contributed by atoms with Gasteiger partial charge in [0, 0.05) is 17.6 Å². The number of hydrogen-bond acceptors (Lipinski definition) is 2. The minimum atomic E-state index is -0.279. The first-order valence-electron chi connectivity index (χ1n) is 5.82. The predicted octanol–water partition coefficient (Wildman–Crippen LogP) is 2.86. The van der Waals surface area contributed by atoms with E-state index < -0.39 is 0 Å². The first-order chi connectivity index (χ1) is 8.72. The van der Waals surface area contributed by atoms with Crippen molar-refractivity contribution in [1.82, 2.24) is 0 Å². The minimum absolute atomic E-state index is 0.272. The summed E-state index contributed by atoms with van der Waals surface area (Å²) in [5.74, 6) is 5.82. The Morgan fingerprint density at radius 1 is 1.33 bits per heavy atom. The molecule has 2 heteroatoms. The highest BCUT2D eigenvalue weighted by molar-refractivity contribution is 5.93. The molecule has 0 N–H and O–H groups in total. The van der Waals surface area contributed by atoms with Gasteiger partial charge in [0.15, 0.2) is 0 Å². The van der Waals surface area contributed by atoms with E-state index in [0.717, 1.165) is 11.1 Å². The molecule has 0 bridgehead atoms. The maximum Gasteiger partial charge on any atom is 0.335 e. The molecule has 1 heterocycles.